The molecule has 4 heterocycles. The predicted octanol–water partition coefficient (Wildman–Crippen LogP) is 2.73. The van der Waals surface area contributed by atoms with Crippen LogP contribution in [0.3, 0.4) is 0 Å². The molecule has 0 radical (unpaired) electrons. The Balaban J connectivity index is 1.52. The van der Waals surface area contributed by atoms with Gasteiger partial charge in [-0.1, -0.05) is 6.07 Å². The van der Waals surface area contributed by atoms with Crippen LogP contribution >= 0.6 is 0 Å². The first kappa shape index (κ1) is 13.8. The van der Waals surface area contributed by atoms with Gasteiger partial charge in [-0.15, -0.1) is 0 Å². The van der Waals surface area contributed by atoms with Crippen LogP contribution in [0.25, 0.3) is 5.65 Å². The average Bonchev–Trinajstić information content (AvgIpc) is 3.04. The third-order valence-corrected chi connectivity index (χ3v) is 5.06. The first-order chi connectivity index (χ1) is 11.7. The lowest BCUT2D eigenvalue weighted by Crippen LogP contribution is -2.06. The second-order valence-corrected chi connectivity index (χ2v) is 6.66. The Morgan fingerprint density at radius 1 is 1.17 bits per heavy atom. The molecule has 122 valence electrons. The molecule has 3 aromatic heterocycles. The minimum Gasteiger partial charge on any atom is -0.464 e. The summed E-state index contributed by atoms with van der Waals surface area (Å²) in [5.74, 6) is 1.27. The first-order valence-electron chi connectivity index (χ1n) is 8.37. The Morgan fingerprint density at radius 3 is 2.83 bits per heavy atom. The molecule has 6 nitrogen and oxygen atoms in total. The van der Waals surface area contributed by atoms with Crippen LogP contribution in [0, 0.1) is 0 Å². The van der Waals surface area contributed by atoms with Crippen molar-refractivity contribution in [2.75, 3.05) is 7.11 Å². The third-order valence-electron chi connectivity index (χ3n) is 5.06. The van der Waals surface area contributed by atoms with Crippen LogP contribution < -0.4 is 0 Å². The number of methoxy groups -OCH3 is 1. The molecule has 0 aromatic carbocycles. The van der Waals surface area contributed by atoms with Gasteiger partial charge in [0, 0.05) is 25.0 Å². The Bertz CT molecular complexity index is 951. The van der Waals surface area contributed by atoms with E-state index >= 15 is 0 Å². The third kappa shape index (κ3) is 2.06. The van der Waals surface area contributed by atoms with Crippen molar-refractivity contribution in [2.45, 2.75) is 37.6 Å². The second-order valence-electron chi connectivity index (χ2n) is 6.66. The maximum atomic E-state index is 11.7. The number of hydrogen-bond acceptors (Lipinski definition) is 4. The molecule has 1 unspecified atom stereocenters. The van der Waals surface area contributed by atoms with E-state index in [9.17, 15) is 4.79 Å². The molecule has 0 saturated heterocycles. The largest absolute Gasteiger partial charge is 0.464 e. The molecule has 1 aliphatic heterocycles. The van der Waals surface area contributed by atoms with E-state index in [4.69, 9.17) is 9.72 Å². The van der Waals surface area contributed by atoms with Crippen molar-refractivity contribution >= 4 is 11.6 Å². The Kier molecular flexibility index (Phi) is 2.83. The highest BCUT2D eigenvalue weighted by Crippen LogP contribution is 2.40. The fourth-order valence-corrected chi connectivity index (χ4v) is 3.63. The molecule has 1 aliphatic carbocycles. The molecule has 0 amide bonds. The number of imidazole rings is 2. The lowest BCUT2D eigenvalue weighted by molar-refractivity contribution is 0.0594. The Morgan fingerprint density at radius 2 is 2.04 bits per heavy atom. The number of nitrogens with zero attached hydrogens (tertiary/aromatic N) is 4. The van der Waals surface area contributed by atoms with Gasteiger partial charge in [-0.3, -0.25) is 0 Å². The van der Waals surface area contributed by atoms with Crippen molar-refractivity contribution in [3.8, 4) is 0 Å². The molecule has 24 heavy (non-hydrogen) atoms. The summed E-state index contributed by atoms with van der Waals surface area (Å²) in [4.78, 5) is 20.9. The zero-order chi connectivity index (χ0) is 16.3. The number of hydrogen-bond donors (Lipinski definition) is 0. The average molecular weight is 322 g/mol. The second kappa shape index (κ2) is 4.93. The SMILES string of the molecule is COC(=O)c1cn2c(n1)CCC2c1cn2cc(C3CC3)ccc2n1. The van der Waals surface area contributed by atoms with E-state index in [1.807, 2.05) is 0 Å². The summed E-state index contributed by atoms with van der Waals surface area (Å²) in [6.07, 6.45) is 10.5. The molecule has 1 atom stereocenters. The van der Waals surface area contributed by atoms with Gasteiger partial charge in [0.2, 0.25) is 0 Å². The number of rotatable bonds is 3. The van der Waals surface area contributed by atoms with Crippen molar-refractivity contribution in [3.63, 3.8) is 0 Å². The van der Waals surface area contributed by atoms with Crippen LogP contribution in [0.15, 0.2) is 30.7 Å². The Labute approximate surface area is 139 Å². The normalized spacial score (nSPS) is 19.6. The maximum Gasteiger partial charge on any atom is 0.358 e. The van der Waals surface area contributed by atoms with Gasteiger partial charge in [0.15, 0.2) is 5.69 Å². The number of carbonyl (C=O) groups is 1. The van der Waals surface area contributed by atoms with Crippen molar-refractivity contribution in [2.24, 2.45) is 0 Å². The van der Waals surface area contributed by atoms with Crippen molar-refractivity contribution < 1.29 is 9.53 Å². The van der Waals surface area contributed by atoms with E-state index in [1.54, 1.807) is 6.20 Å². The summed E-state index contributed by atoms with van der Waals surface area (Å²) in [6, 6.07) is 4.42. The Hall–Kier alpha value is -2.63. The van der Waals surface area contributed by atoms with Gasteiger partial charge in [-0.25, -0.2) is 14.8 Å². The summed E-state index contributed by atoms with van der Waals surface area (Å²) in [7, 11) is 1.38. The molecule has 6 heteroatoms. The first-order valence-corrected chi connectivity index (χ1v) is 8.37. The van der Waals surface area contributed by atoms with E-state index < -0.39 is 0 Å². The summed E-state index contributed by atoms with van der Waals surface area (Å²) in [6.45, 7) is 0. The van der Waals surface area contributed by atoms with Crippen LogP contribution in [0.1, 0.15) is 58.8 Å². The van der Waals surface area contributed by atoms with Gasteiger partial charge in [-0.05, 0) is 36.8 Å². The monoisotopic (exact) mass is 322 g/mol. The zero-order valence-electron chi connectivity index (χ0n) is 13.5. The highest BCUT2D eigenvalue weighted by molar-refractivity contribution is 5.87. The fraction of sp³-hybridized carbons (Fsp3) is 0.389. The minimum absolute atomic E-state index is 0.134. The van der Waals surface area contributed by atoms with Crippen molar-refractivity contribution in [1.82, 2.24) is 18.9 Å². The van der Waals surface area contributed by atoms with E-state index in [1.165, 1.54) is 25.5 Å². The van der Waals surface area contributed by atoms with Gasteiger partial charge in [0.05, 0.1) is 18.8 Å². The molecule has 2 aliphatic rings. The standard InChI is InChI=1S/C18H18N4O2/c1-24-18(23)14-10-22-15(5-7-17(22)20-14)13-9-21-8-12(11-2-3-11)4-6-16(21)19-13/h4,6,8-11,15H,2-3,5,7H2,1H3. The van der Waals surface area contributed by atoms with Crippen LogP contribution in [0.5, 0.6) is 0 Å². The number of pyridine rings is 1. The maximum absolute atomic E-state index is 11.7. The molecular formula is C18H18N4O2. The van der Waals surface area contributed by atoms with E-state index in [2.05, 4.69) is 38.5 Å². The quantitative estimate of drug-likeness (QED) is 0.696. The lowest BCUT2D eigenvalue weighted by Gasteiger charge is -2.09. The molecule has 0 bridgehead atoms. The predicted molar refractivity (Wildman–Crippen MR) is 87.2 cm³/mol. The van der Waals surface area contributed by atoms with E-state index in [0.29, 0.717) is 5.69 Å². The van der Waals surface area contributed by atoms with E-state index in [-0.39, 0.29) is 12.0 Å². The van der Waals surface area contributed by atoms with Crippen LogP contribution in [-0.2, 0) is 11.2 Å². The van der Waals surface area contributed by atoms with Gasteiger partial charge in [0.25, 0.3) is 0 Å². The highest BCUT2D eigenvalue weighted by atomic mass is 16.5. The van der Waals surface area contributed by atoms with Gasteiger partial charge < -0.3 is 13.7 Å². The lowest BCUT2D eigenvalue weighted by atomic mass is 10.1. The van der Waals surface area contributed by atoms with Crippen molar-refractivity contribution in [1.29, 1.82) is 0 Å². The topological polar surface area (TPSA) is 61.4 Å². The van der Waals surface area contributed by atoms with Crippen LogP contribution in [0.2, 0.25) is 0 Å². The molecule has 0 N–H and O–H groups in total. The molecule has 1 fully saturated rings. The van der Waals surface area contributed by atoms with Gasteiger partial charge in [-0.2, -0.15) is 0 Å². The minimum atomic E-state index is -0.389. The van der Waals surface area contributed by atoms with Gasteiger partial charge in [0.1, 0.15) is 11.5 Å². The van der Waals surface area contributed by atoms with Gasteiger partial charge >= 0.3 is 5.97 Å². The highest BCUT2D eigenvalue weighted by Gasteiger charge is 2.29. The number of esters is 1. The number of fused-ring (bicyclic) bond motifs is 2. The summed E-state index contributed by atoms with van der Waals surface area (Å²) in [5, 5.41) is 0. The number of aromatic nitrogens is 4. The summed E-state index contributed by atoms with van der Waals surface area (Å²) >= 11 is 0. The fourth-order valence-electron chi connectivity index (χ4n) is 3.63. The summed E-state index contributed by atoms with van der Waals surface area (Å²) in [5.41, 5.74) is 3.76. The zero-order valence-corrected chi connectivity index (χ0v) is 13.5. The number of carbonyl (C=O) groups excluding carboxylic acids is 1. The van der Waals surface area contributed by atoms with E-state index in [0.717, 1.165) is 35.9 Å². The molecule has 0 spiro atoms. The van der Waals surface area contributed by atoms with Crippen LogP contribution in [-0.4, -0.2) is 32.0 Å². The molecule has 3 aromatic rings. The van der Waals surface area contributed by atoms with Crippen LogP contribution in [0.4, 0.5) is 0 Å². The number of ether oxygens (including phenoxy) is 1. The molecule has 5 rings (SSSR count). The molecule has 1 saturated carbocycles. The summed E-state index contributed by atoms with van der Waals surface area (Å²) < 4.78 is 8.96. The number of aryl methyl sites for hydroxylation is 1. The van der Waals surface area contributed by atoms with Crippen molar-refractivity contribution in [3.05, 3.63) is 53.5 Å². The molecular weight excluding hydrogens is 304 g/mol. The smallest absolute Gasteiger partial charge is 0.358 e.